The predicted octanol–water partition coefficient (Wildman–Crippen LogP) is 3.40. The zero-order chi connectivity index (χ0) is 13.2. The zero-order valence-corrected chi connectivity index (χ0v) is 11.4. The van der Waals surface area contributed by atoms with Gasteiger partial charge in [0.1, 0.15) is 5.75 Å². The number of carbonyl (C=O) groups excluding carboxylic acids is 1. The van der Waals surface area contributed by atoms with Crippen LogP contribution in [0, 0.1) is 0 Å². The first-order valence-electron chi connectivity index (χ1n) is 6.79. The summed E-state index contributed by atoms with van der Waals surface area (Å²) in [7, 11) is 0. The third kappa shape index (κ3) is 5.21. The second-order valence-electron chi connectivity index (χ2n) is 4.34. The van der Waals surface area contributed by atoms with Gasteiger partial charge in [-0.1, -0.05) is 32.8 Å². The Bertz CT molecular complexity index is 363. The third-order valence-corrected chi connectivity index (χ3v) is 2.68. The van der Waals surface area contributed by atoms with Crippen molar-refractivity contribution in [1.29, 1.82) is 0 Å². The molecule has 0 radical (unpaired) electrons. The van der Waals surface area contributed by atoms with Crippen LogP contribution in [0.5, 0.6) is 5.75 Å². The van der Waals surface area contributed by atoms with E-state index < -0.39 is 0 Å². The Kier molecular flexibility index (Phi) is 6.92. The summed E-state index contributed by atoms with van der Waals surface area (Å²) in [5, 5.41) is 2.90. The molecule has 0 fully saturated rings. The number of carbonyl (C=O) groups is 1. The van der Waals surface area contributed by atoms with Crippen LogP contribution in [0.2, 0.25) is 0 Å². The monoisotopic (exact) mass is 249 g/mol. The summed E-state index contributed by atoms with van der Waals surface area (Å²) in [6.07, 6.45) is 4.24. The summed E-state index contributed by atoms with van der Waals surface area (Å²) >= 11 is 0. The Morgan fingerprint density at radius 2 is 2.00 bits per heavy atom. The third-order valence-electron chi connectivity index (χ3n) is 2.68. The van der Waals surface area contributed by atoms with Crippen molar-refractivity contribution in [3.05, 3.63) is 29.8 Å². The summed E-state index contributed by atoms with van der Waals surface area (Å²) in [5.74, 6) is 0.746. The van der Waals surface area contributed by atoms with Crippen LogP contribution in [-0.2, 0) is 0 Å². The first-order chi connectivity index (χ1) is 8.77. The number of benzene rings is 1. The molecule has 1 N–H and O–H groups in total. The summed E-state index contributed by atoms with van der Waals surface area (Å²) in [4.78, 5) is 11.8. The van der Waals surface area contributed by atoms with E-state index in [1.165, 1.54) is 0 Å². The van der Waals surface area contributed by atoms with E-state index in [2.05, 4.69) is 19.2 Å². The molecule has 0 aromatic heterocycles. The first-order valence-corrected chi connectivity index (χ1v) is 6.79. The van der Waals surface area contributed by atoms with E-state index in [4.69, 9.17) is 4.74 Å². The van der Waals surface area contributed by atoms with Crippen molar-refractivity contribution in [1.82, 2.24) is 5.32 Å². The second-order valence-corrected chi connectivity index (χ2v) is 4.34. The molecule has 1 aromatic rings. The van der Waals surface area contributed by atoms with Crippen molar-refractivity contribution >= 4 is 5.91 Å². The highest BCUT2D eigenvalue weighted by atomic mass is 16.5. The van der Waals surface area contributed by atoms with Gasteiger partial charge in [-0.3, -0.25) is 4.79 Å². The molecule has 0 bridgehead atoms. The van der Waals surface area contributed by atoms with Crippen LogP contribution in [0.4, 0.5) is 0 Å². The molecule has 1 aromatic carbocycles. The fourth-order valence-electron chi connectivity index (χ4n) is 1.54. The van der Waals surface area contributed by atoms with Crippen molar-refractivity contribution in [2.24, 2.45) is 0 Å². The normalized spacial score (nSPS) is 10.1. The lowest BCUT2D eigenvalue weighted by atomic mass is 10.2. The minimum Gasteiger partial charge on any atom is -0.494 e. The van der Waals surface area contributed by atoms with E-state index in [0.29, 0.717) is 12.2 Å². The van der Waals surface area contributed by atoms with Gasteiger partial charge in [-0.15, -0.1) is 0 Å². The number of unbranched alkanes of at least 4 members (excludes halogenated alkanes) is 2. The molecule has 0 spiro atoms. The van der Waals surface area contributed by atoms with Crippen LogP contribution in [0.15, 0.2) is 24.3 Å². The van der Waals surface area contributed by atoms with E-state index in [0.717, 1.165) is 38.0 Å². The predicted molar refractivity (Wildman–Crippen MR) is 74.1 cm³/mol. The Hall–Kier alpha value is -1.51. The van der Waals surface area contributed by atoms with Gasteiger partial charge in [-0.25, -0.2) is 0 Å². The molecule has 0 atom stereocenters. The fraction of sp³-hybridized carbons (Fsp3) is 0.533. The molecule has 100 valence electrons. The minimum atomic E-state index is -0.0237. The van der Waals surface area contributed by atoms with Crippen molar-refractivity contribution < 1.29 is 9.53 Å². The largest absolute Gasteiger partial charge is 0.494 e. The molecule has 0 heterocycles. The Morgan fingerprint density at radius 1 is 1.22 bits per heavy atom. The van der Waals surface area contributed by atoms with Gasteiger partial charge in [-0.2, -0.15) is 0 Å². The summed E-state index contributed by atoms with van der Waals surface area (Å²) in [6.45, 7) is 5.67. The molecule has 1 amide bonds. The summed E-state index contributed by atoms with van der Waals surface area (Å²) in [6, 6.07) is 7.36. The molecule has 0 aliphatic carbocycles. The van der Waals surface area contributed by atoms with Gasteiger partial charge in [0.15, 0.2) is 0 Å². The van der Waals surface area contributed by atoms with Gasteiger partial charge in [0.2, 0.25) is 0 Å². The van der Waals surface area contributed by atoms with Gasteiger partial charge >= 0.3 is 0 Å². The highest BCUT2D eigenvalue weighted by Crippen LogP contribution is 2.13. The number of hydrogen-bond donors (Lipinski definition) is 1. The molecule has 1 rings (SSSR count). The first kappa shape index (κ1) is 14.6. The van der Waals surface area contributed by atoms with E-state index in [-0.39, 0.29) is 5.91 Å². The Labute approximate surface area is 110 Å². The maximum Gasteiger partial charge on any atom is 0.251 e. The van der Waals surface area contributed by atoms with Crippen LogP contribution in [0.1, 0.15) is 49.9 Å². The standard InChI is InChI=1S/C15H23NO2/c1-3-5-10-16-15(17)13-8-7-9-14(12-13)18-11-6-4-2/h7-9,12H,3-6,10-11H2,1-2H3,(H,16,17). The second kappa shape index (κ2) is 8.56. The van der Waals surface area contributed by atoms with Crippen molar-refractivity contribution in [3.63, 3.8) is 0 Å². The highest BCUT2D eigenvalue weighted by Gasteiger charge is 2.05. The minimum absolute atomic E-state index is 0.0237. The maximum absolute atomic E-state index is 11.8. The van der Waals surface area contributed by atoms with Gasteiger partial charge in [0.05, 0.1) is 6.61 Å². The molecule has 3 nitrogen and oxygen atoms in total. The topological polar surface area (TPSA) is 38.3 Å². The lowest BCUT2D eigenvalue weighted by Crippen LogP contribution is -2.24. The van der Waals surface area contributed by atoms with E-state index in [1.54, 1.807) is 6.07 Å². The van der Waals surface area contributed by atoms with Gasteiger partial charge in [0, 0.05) is 12.1 Å². The van der Waals surface area contributed by atoms with Gasteiger partial charge in [0.25, 0.3) is 5.91 Å². The lowest BCUT2D eigenvalue weighted by Gasteiger charge is -2.08. The molecule has 3 heteroatoms. The number of nitrogens with one attached hydrogen (secondary N) is 1. The summed E-state index contributed by atoms with van der Waals surface area (Å²) in [5.41, 5.74) is 0.667. The van der Waals surface area contributed by atoms with Crippen LogP contribution in [0.25, 0.3) is 0 Å². The average Bonchev–Trinajstić information content (AvgIpc) is 2.39. The zero-order valence-electron chi connectivity index (χ0n) is 11.4. The van der Waals surface area contributed by atoms with Crippen LogP contribution in [0.3, 0.4) is 0 Å². The molecule has 18 heavy (non-hydrogen) atoms. The molecule has 0 aliphatic rings. The van der Waals surface area contributed by atoms with E-state index in [9.17, 15) is 4.79 Å². The fourth-order valence-corrected chi connectivity index (χ4v) is 1.54. The quantitative estimate of drug-likeness (QED) is 0.717. The number of hydrogen-bond acceptors (Lipinski definition) is 2. The van der Waals surface area contributed by atoms with Crippen molar-refractivity contribution in [2.45, 2.75) is 39.5 Å². The Morgan fingerprint density at radius 3 is 2.72 bits per heavy atom. The van der Waals surface area contributed by atoms with Crippen molar-refractivity contribution in [3.8, 4) is 5.75 Å². The van der Waals surface area contributed by atoms with Crippen LogP contribution < -0.4 is 10.1 Å². The van der Waals surface area contributed by atoms with Crippen molar-refractivity contribution in [2.75, 3.05) is 13.2 Å². The highest BCUT2D eigenvalue weighted by molar-refractivity contribution is 5.94. The smallest absolute Gasteiger partial charge is 0.251 e. The molecular formula is C15H23NO2. The van der Waals surface area contributed by atoms with Gasteiger partial charge in [-0.05, 0) is 31.0 Å². The number of ether oxygens (including phenoxy) is 1. The summed E-state index contributed by atoms with van der Waals surface area (Å²) < 4.78 is 5.58. The van der Waals surface area contributed by atoms with Crippen LogP contribution >= 0.6 is 0 Å². The Balaban J connectivity index is 2.49. The molecule has 0 saturated heterocycles. The maximum atomic E-state index is 11.8. The number of amides is 1. The lowest BCUT2D eigenvalue weighted by molar-refractivity contribution is 0.0952. The van der Waals surface area contributed by atoms with E-state index in [1.807, 2.05) is 18.2 Å². The SMILES string of the molecule is CCCCNC(=O)c1cccc(OCCCC)c1. The van der Waals surface area contributed by atoms with Gasteiger partial charge < -0.3 is 10.1 Å². The molecular weight excluding hydrogens is 226 g/mol. The van der Waals surface area contributed by atoms with E-state index >= 15 is 0 Å². The molecule has 0 unspecified atom stereocenters. The number of rotatable bonds is 8. The molecule has 0 aliphatic heterocycles. The van der Waals surface area contributed by atoms with Crippen LogP contribution in [-0.4, -0.2) is 19.1 Å². The molecule has 0 saturated carbocycles. The average molecular weight is 249 g/mol.